The number of aryl methyl sites for hydroxylation is 1. The van der Waals surface area contributed by atoms with Crippen LogP contribution in [0.3, 0.4) is 0 Å². The first-order chi connectivity index (χ1) is 10.8. The van der Waals surface area contributed by atoms with Crippen molar-refractivity contribution >= 4 is 5.91 Å². The van der Waals surface area contributed by atoms with Gasteiger partial charge in [-0.15, -0.1) is 0 Å². The molecule has 0 N–H and O–H groups in total. The van der Waals surface area contributed by atoms with E-state index in [0.717, 1.165) is 32.2 Å². The summed E-state index contributed by atoms with van der Waals surface area (Å²) in [6, 6.07) is 10.5. The highest BCUT2D eigenvalue weighted by Gasteiger charge is 2.41. The van der Waals surface area contributed by atoms with Gasteiger partial charge in [0.15, 0.2) is 0 Å². The fourth-order valence-electron chi connectivity index (χ4n) is 3.66. The van der Waals surface area contributed by atoms with Crippen molar-refractivity contribution in [3.05, 3.63) is 35.9 Å². The first-order valence-corrected chi connectivity index (χ1v) is 8.25. The number of nitrogens with zero attached hydrogens (tertiary/aromatic N) is 1. The number of carbonyl (C=O) groups excluding carboxylic acids is 1. The molecule has 4 nitrogen and oxygen atoms in total. The first-order valence-electron chi connectivity index (χ1n) is 8.25. The van der Waals surface area contributed by atoms with Crippen LogP contribution in [0.25, 0.3) is 0 Å². The van der Waals surface area contributed by atoms with Crippen molar-refractivity contribution in [2.45, 2.75) is 50.4 Å². The number of hydrogen-bond donors (Lipinski definition) is 0. The van der Waals surface area contributed by atoms with Gasteiger partial charge in [-0.2, -0.15) is 0 Å². The maximum atomic E-state index is 12.5. The molecule has 2 aliphatic rings. The third-order valence-electron chi connectivity index (χ3n) is 4.78. The molecule has 0 spiro atoms. The quantitative estimate of drug-likeness (QED) is 0.838. The fourth-order valence-corrected chi connectivity index (χ4v) is 3.66. The molecular formula is C18H25NO3. The lowest BCUT2D eigenvalue weighted by atomic mass is 9.99. The zero-order chi connectivity index (χ0) is 15.4. The van der Waals surface area contributed by atoms with Gasteiger partial charge in [-0.3, -0.25) is 4.79 Å². The molecule has 22 heavy (non-hydrogen) atoms. The third kappa shape index (κ3) is 3.50. The van der Waals surface area contributed by atoms with E-state index in [1.165, 1.54) is 5.56 Å². The molecule has 2 saturated heterocycles. The second kappa shape index (κ2) is 7.25. The highest BCUT2D eigenvalue weighted by atomic mass is 16.5. The molecule has 2 fully saturated rings. The highest BCUT2D eigenvalue weighted by Crippen LogP contribution is 2.32. The Morgan fingerprint density at radius 2 is 2.09 bits per heavy atom. The summed E-state index contributed by atoms with van der Waals surface area (Å²) in [7, 11) is 1.71. The first kappa shape index (κ1) is 15.5. The van der Waals surface area contributed by atoms with Gasteiger partial charge >= 0.3 is 0 Å². The minimum atomic E-state index is 0.200. The van der Waals surface area contributed by atoms with Crippen LogP contribution in [-0.4, -0.2) is 49.3 Å². The Bertz CT molecular complexity index is 490. The highest BCUT2D eigenvalue weighted by molar-refractivity contribution is 5.77. The second-order valence-corrected chi connectivity index (χ2v) is 6.26. The zero-order valence-corrected chi connectivity index (χ0v) is 13.2. The average Bonchev–Trinajstić information content (AvgIpc) is 2.97. The van der Waals surface area contributed by atoms with Gasteiger partial charge in [-0.25, -0.2) is 0 Å². The van der Waals surface area contributed by atoms with Crippen molar-refractivity contribution in [1.29, 1.82) is 0 Å². The summed E-state index contributed by atoms with van der Waals surface area (Å²) in [4.78, 5) is 14.6. The Morgan fingerprint density at radius 1 is 1.27 bits per heavy atom. The van der Waals surface area contributed by atoms with Crippen LogP contribution in [0.2, 0.25) is 0 Å². The van der Waals surface area contributed by atoms with Crippen LogP contribution in [0.1, 0.15) is 31.2 Å². The molecule has 0 aliphatic carbocycles. The van der Waals surface area contributed by atoms with Crippen molar-refractivity contribution in [3.63, 3.8) is 0 Å². The zero-order valence-electron chi connectivity index (χ0n) is 13.2. The van der Waals surface area contributed by atoms with Gasteiger partial charge in [-0.1, -0.05) is 30.3 Å². The van der Waals surface area contributed by atoms with Crippen LogP contribution in [-0.2, 0) is 20.7 Å². The summed E-state index contributed by atoms with van der Waals surface area (Å²) >= 11 is 0. The molecule has 4 heteroatoms. The molecule has 1 aromatic carbocycles. The SMILES string of the molecule is COC[C@@H]1CCC2C(CCN2C(=O)CCc2ccccc2)O1. The molecule has 1 amide bonds. The summed E-state index contributed by atoms with van der Waals surface area (Å²) in [5.41, 5.74) is 1.23. The van der Waals surface area contributed by atoms with E-state index < -0.39 is 0 Å². The average molecular weight is 303 g/mol. The Labute approximate surface area is 132 Å². The maximum Gasteiger partial charge on any atom is 0.223 e. The minimum absolute atomic E-state index is 0.200. The van der Waals surface area contributed by atoms with Gasteiger partial charge in [0.2, 0.25) is 5.91 Å². The van der Waals surface area contributed by atoms with E-state index in [0.29, 0.717) is 13.0 Å². The number of amides is 1. The number of methoxy groups -OCH3 is 1. The largest absolute Gasteiger partial charge is 0.382 e. The number of carbonyl (C=O) groups is 1. The van der Waals surface area contributed by atoms with E-state index in [1.807, 2.05) is 18.2 Å². The molecule has 2 unspecified atom stereocenters. The monoisotopic (exact) mass is 303 g/mol. The van der Waals surface area contributed by atoms with Gasteiger partial charge in [0.05, 0.1) is 24.9 Å². The molecule has 3 atom stereocenters. The summed E-state index contributed by atoms with van der Waals surface area (Å²) in [5.74, 6) is 0.269. The van der Waals surface area contributed by atoms with E-state index >= 15 is 0 Å². The van der Waals surface area contributed by atoms with Crippen LogP contribution in [0.5, 0.6) is 0 Å². The molecule has 2 aliphatic heterocycles. The number of likely N-dealkylation sites (tertiary alicyclic amines) is 1. The number of benzene rings is 1. The van der Waals surface area contributed by atoms with Crippen LogP contribution < -0.4 is 0 Å². The molecule has 0 aromatic heterocycles. The molecule has 0 radical (unpaired) electrons. The lowest BCUT2D eigenvalue weighted by Gasteiger charge is -2.35. The molecule has 0 bridgehead atoms. The van der Waals surface area contributed by atoms with Crippen molar-refractivity contribution in [2.75, 3.05) is 20.3 Å². The smallest absolute Gasteiger partial charge is 0.223 e. The predicted octanol–water partition coefficient (Wildman–Crippen LogP) is 2.41. The Hall–Kier alpha value is -1.39. The Morgan fingerprint density at radius 3 is 2.86 bits per heavy atom. The summed E-state index contributed by atoms with van der Waals surface area (Å²) < 4.78 is 11.3. The summed E-state index contributed by atoms with van der Waals surface area (Å²) in [5, 5.41) is 0. The van der Waals surface area contributed by atoms with Crippen LogP contribution in [0, 0.1) is 0 Å². The molecule has 3 rings (SSSR count). The molecule has 0 saturated carbocycles. The van der Waals surface area contributed by atoms with Gasteiger partial charge in [0, 0.05) is 20.1 Å². The predicted molar refractivity (Wildman–Crippen MR) is 84.7 cm³/mol. The van der Waals surface area contributed by atoms with Crippen molar-refractivity contribution < 1.29 is 14.3 Å². The lowest BCUT2D eigenvalue weighted by Crippen LogP contribution is -2.45. The normalized spacial score (nSPS) is 27.7. The van der Waals surface area contributed by atoms with Gasteiger partial charge in [0.25, 0.3) is 0 Å². The number of ether oxygens (including phenoxy) is 2. The topological polar surface area (TPSA) is 38.8 Å². The van der Waals surface area contributed by atoms with Gasteiger partial charge < -0.3 is 14.4 Å². The summed E-state index contributed by atoms with van der Waals surface area (Å²) in [6.07, 6.45) is 4.80. The lowest BCUT2D eigenvalue weighted by molar-refractivity contribution is -0.138. The standard InChI is InChI=1S/C18H25NO3/c1-21-13-15-8-9-16-17(22-15)11-12-19(16)18(20)10-7-14-5-3-2-4-6-14/h2-6,15-17H,7-13H2,1H3/t15-,16?,17?/m0/s1. The Kier molecular flexibility index (Phi) is 5.11. The number of hydrogen-bond acceptors (Lipinski definition) is 3. The van der Waals surface area contributed by atoms with Crippen LogP contribution in [0.15, 0.2) is 30.3 Å². The van der Waals surface area contributed by atoms with Crippen molar-refractivity contribution in [2.24, 2.45) is 0 Å². The van der Waals surface area contributed by atoms with Crippen LogP contribution >= 0.6 is 0 Å². The molecular weight excluding hydrogens is 278 g/mol. The number of fused-ring (bicyclic) bond motifs is 1. The van der Waals surface area contributed by atoms with Gasteiger partial charge in [-0.05, 0) is 31.2 Å². The molecule has 2 heterocycles. The minimum Gasteiger partial charge on any atom is -0.382 e. The Balaban J connectivity index is 1.52. The van der Waals surface area contributed by atoms with Gasteiger partial charge in [0.1, 0.15) is 0 Å². The van der Waals surface area contributed by atoms with E-state index in [2.05, 4.69) is 17.0 Å². The second-order valence-electron chi connectivity index (χ2n) is 6.26. The maximum absolute atomic E-state index is 12.5. The number of rotatable bonds is 5. The van der Waals surface area contributed by atoms with Crippen LogP contribution in [0.4, 0.5) is 0 Å². The van der Waals surface area contributed by atoms with E-state index in [-0.39, 0.29) is 24.2 Å². The molecule has 120 valence electrons. The third-order valence-corrected chi connectivity index (χ3v) is 4.78. The van der Waals surface area contributed by atoms with E-state index in [9.17, 15) is 4.79 Å². The van der Waals surface area contributed by atoms with Crippen molar-refractivity contribution in [1.82, 2.24) is 4.90 Å². The van der Waals surface area contributed by atoms with E-state index in [1.54, 1.807) is 7.11 Å². The fraction of sp³-hybridized carbons (Fsp3) is 0.611. The van der Waals surface area contributed by atoms with Crippen molar-refractivity contribution in [3.8, 4) is 0 Å². The van der Waals surface area contributed by atoms with E-state index in [4.69, 9.17) is 9.47 Å². The molecule has 1 aromatic rings. The summed E-state index contributed by atoms with van der Waals surface area (Å²) in [6.45, 7) is 1.49.